The SMILES string of the molecule is OC[C@@H](O)[C@H](O)[C@H]1O[C@@H](O)[C@@](O)(CO)[C@@H]1O. The molecule has 1 aliphatic rings. The molecule has 7 N–H and O–H groups in total. The number of hydrogen-bond acceptors (Lipinski definition) is 8. The van der Waals surface area contributed by atoms with Gasteiger partial charge in [0.05, 0.1) is 13.2 Å². The second kappa shape index (κ2) is 4.90. The number of ether oxygens (including phenoxy) is 1. The van der Waals surface area contributed by atoms with Crippen molar-refractivity contribution in [2.75, 3.05) is 13.2 Å². The molecule has 1 rings (SSSR count). The van der Waals surface area contributed by atoms with Gasteiger partial charge in [-0.25, -0.2) is 0 Å². The Morgan fingerprint density at radius 1 is 1.19 bits per heavy atom. The lowest BCUT2D eigenvalue weighted by Crippen LogP contribution is -2.54. The summed E-state index contributed by atoms with van der Waals surface area (Å²) in [5, 5.41) is 64.3. The molecule has 0 aromatic rings. The van der Waals surface area contributed by atoms with Crippen molar-refractivity contribution in [2.24, 2.45) is 0 Å². The lowest BCUT2D eigenvalue weighted by atomic mass is 9.92. The van der Waals surface area contributed by atoms with Gasteiger partial charge in [-0.15, -0.1) is 0 Å². The van der Waals surface area contributed by atoms with E-state index in [1.165, 1.54) is 0 Å². The van der Waals surface area contributed by atoms with E-state index in [4.69, 9.17) is 15.3 Å². The van der Waals surface area contributed by atoms with Gasteiger partial charge >= 0.3 is 0 Å². The molecule has 0 aliphatic carbocycles. The Morgan fingerprint density at radius 2 is 1.75 bits per heavy atom. The predicted octanol–water partition coefficient (Wildman–Crippen LogP) is -4.50. The molecule has 1 saturated heterocycles. The van der Waals surface area contributed by atoms with Gasteiger partial charge in [0.2, 0.25) is 0 Å². The molecule has 1 aliphatic heterocycles. The first-order valence-electron chi connectivity index (χ1n) is 4.70. The standard InChI is InChI=1S/C8H16O8/c9-1-3(11)4(12)5-6(13)8(15,2-10)7(14)16-5/h3-7,9-15H,1-2H2/t3-,4+,5-,6-,7-,8-/m1/s1. The molecule has 0 spiro atoms. The minimum atomic E-state index is -2.32. The van der Waals surface area contributed by atoms with Crippen molar-refractivity contribution in [3.05, 3.63) is 0 Å². The van der Waals surface area contributed by atoms with E-state index in [2.05, 4.69) is 4.74 Å². The van der Waals surface area contributed by atoms with Crippen molar-refractivity contribution in [1.82, 2.24) is 0 Å². The Kier molecular flexibility index (Phi) is 4.21. The first kappa shape index (κ1) is 13.7. The summed E-state index contributed by atoms with van der Waals surface area (Å²) in [6, 6.07) is 0. The van der Waals surface area contributed by atoms with E-state index in [1.54, 1.807) is 0 Å². The van der Waals surface area contributed by atoms with Gasteiger partial charge in [0.15, 0.2) is 11.9 Å². The maximum absolute atomic E-state index is 9.58. The summed E-state index contributed by atoms with van der Waals surface area (Å²) in [5.41, 5.74) is -2.32. The van der Waals surface area contributed by atoms with Gasteiger partial charge in [-0.3, -0.25) is 0 Å². The molecule has 8 nitrogen and oxygen atoms in total. The molecule has 0 bridgehead atoms. The minimum Gasteiger partial charge on any atom is -0.394 e. The third-order valence-electron chi connectivity index (χ3n) is 2.71. The zero-order valence-electron chi connectivity index (χ0n) is 8.34. The summed E-state index contributed by atoms with van der Waals surface area (Å²) >= 11 is 0. The average molecular weight is 240 g/mol. The fourth-order valence-electron chi connectivity index (χ4n) is 1.54. The van der Waals surface area contributed by atoms with Crippen LogP contribution in [0, 0.1) is 0 Å². The highest BCUT2D eigenvalue weighted by atomic mass is 16.7. The van der Waals surface area contributed by atoms with E-state index in [9.17, 15) is 20.4 Å². The van der Waals surface area contributed by atoms with Crippen molar-refractivity contribution in [3.8, 4) is 0 Å². The molecule has 0 amide bonds. The van der Waals surface area contributed by atoms with Gasteiger partial charge in [-0.05, 0) is 0 Å². The van der Waals surface area contributed by atoms with Crippen LogP contribution < -0.4 is 0 Å². The number of rotatable bonds is 4. The Labute approximate surface area is 91.0 Å². The van der Waals surface area contributed by atoms with Gasteiger partial charge in [0.25, 0.3) is 0 Å². The average Bonchev–Trinajstić information content (AvgIpc) is 2.52. The molecular formula is C8H16O8. The summed E-state index contributed by atoms with van der Waals surface area (Å²) in [7, 11) is 0. The van der Waals surface area contributed by atoms with E-state index in [1.807, 2.05) is 0 Å². The van der Waals surface area contributed by atoms with Crippen LogP contribution in [0.1, 0.15) is 0 Å². The zero-order chi connectivity index (χ0) is 12.5. The van der Waals surface area contributed by atoms with E-state index < -0.39 is 49.5 Å². The summed E-state index contributed by atoms with van der Waals surface area (Å²) in [4.78, 5) is 0. The van der Waals surface area contributed by atoms with Crippen molar-refractivity contribution in [2.45, 2.75) is 36.3 Å². The molecule has 0 aromatic carbocycles. The highest BCUT2D eigenvalue weighted by molar-refractivity contribution is 5.02. The third-order valence-corrected chi connectivity index (χ3v) is 2.71. The van der Waals surface area contributed by atoms with Crippen LogP contribution in [-0.4, -0.2) is 85.3 Å². The topological polar surface area (TPSA) is 151 Å². The van der Waals surface area contributed by atoms with Crippen LogP contribution in [0.2, 0.25) is 0 Å². The van der Waals surface area contributed by atoms with Crippen molar-refractivity contribution in [3.63, 3.8) is 0 Å². The first-order valence-corrected chi connectivity index (χ1v) is 4.70. The third kappa shape index (κ3) is 2.06. The van der Waals surface area contributed by atoms with E-state index in [-0.39, 0.29) is 0 Å². The molecule has 1 fully saturated rings. The zero-order valence-corrected chi connectivity index (χ0v) is 8.34. The normalized spacial score (nSPS) is 43.3. The molecule has 0 radical (unpaired) electrons. The highest BCUT2D eigenvalue weighted by Gasteiger charge is 2.57. The molecule has 0 unspecified atom stereocenters. The molecule has 0 aromatic heterocycles. The molecule has 1 heterocycles. The summed E-state index contributed by atoms with van der Waals surface area (Å²) in [6.07, 6.45) is -8.47. The fourth-order valence-corrected chi connectivity index (χ4v) is 1.54. The van der Waals surface area contributed by atoms with Crippen LogP contribution in [0.15, 0.2) is 0 Å². The maximum Gasteiger partial charge on any atom is 0.189 e. The lowest BCUT2D eigenvalue weighted by Gasteiger charge is -2.27. The lowest BCUT2D eigenvalue weighted by molar-refractivity contribution is -0.197. The van der Waals surface area contributed by atoms with Crippen molar-refractivity contribution in [1.29, 1.82) is 0 Å². The number of hydrogen-bond donors (Lipinski definition) is 7. The second-order valence-corrected chi connectivity index (χ2v) is 3.79. The molecule has 16 heavy (non-hydrogen) atoms. The van der Waals surface area contributed by atoms with Gasteiger partial charge < -0.3 is 40.5 Å². The summed E-state index contributed by atoms with van der Waals surface area (Å²) in [6.45, 7) is -1.75. The van der Waals surface area contributed by atoms with Crippen LogP contribution in [-0.2, 0) is 4.74 Å². The van der Waals surface area contributed by atoms with Crippen LogP contribution >= 0.6 is 0 Å². The highest BCUT2D eigenvalue weighted by Crippen LogP contribution is 2.31. The monoisotopic (exact) mass is 240 g/mol. The molecule has 96 valence electrons. The Morgan fingerprint density at radius 3 is 2.12 bits per heavy atom. The predicted molar refractivity (Wildman–Crippen MR) is 48.0 cm³/mol. The summed E-state index contributed by atoms with van der Waals surface area (Å²) < 4.78 is 4.64. The Balaban J connectivity index is 2.79. The van der Waals surface area contributed by atoms with Crippen molar-refractivity contribution < 1.29 is 40.5 Å². The van der Waals surface area contributed by atoms with Gasteiger partial charge in [-0.1, -0.05) is 0 Å². The van der Waals surface area contributed by atoms with Crippen LogP contribution in [0.25, 0.3) is 0 Å². The second-order valence-electron chi connectivity index (χ2n) is 3.79. The largest absolute Gasteiger partial charge is 0.394 e. The Bertz CT molecular complexity index is 236. The molecule has 8 heteroatoms. The van der Waals surface area contributed by atoms with Gasteiger partial charge in [0.1, 0.15) is 24.4 Å². The number of aliphatic hydroxyl groups excluding tert-OH is 6. The quantitative estimate of drug-likeness (QED) is 0.260. The fraction of sp³-hybridized carbons (Fsp3) is 1.00. The van der Waals surface area contributed by atoms with E-state index >= 15 is 0 Å². The molecular weight excluding hydrogens is 224 g/mol. The molecule has 6 atom stereocenters. The molecule has 0 saturated carbocycles. The van der Waals surface area contributed by atoms with Crippen LogP contribution in [0.5, 0.6) is 0 Å². The van der Waals surface area contributed by atoms with Gasteiger partial charge in [-0.2, -0.15) is 0 Å². The first-order chi connectivity index (χ1) is 7.38. The van der Waals surface area contributed by atoms with E-state index in [0.717, 1.165) is 0 Å². The van der Waals surface area contributed by atoms with Crippen molar-refractivity contribution >= 4 is 0 Å². The summed E-state index contributed by atoms with van der Waals surface area (Å²) in [5.74, 6) is 0. The Hall–Kier alpha value is -0.320. The number of aliphatic hydroxyl groups is 7. The van der Waals surface area contributed by atoms with Crippen LogP contribution in [0.3, 0.4) is 0 Å². The van der Waals surface area contributed by atoms with E-state index in [0.29, 0.717) is 0 Å². The maximum atomic E-state index is 9.58. The minimum absolute atomic E-state index is 0.776. The van der Waals surface area contributed by atoms with Gasteiger partial charge in [0, 0.05) is 0 Å². The van der Waals surface area contributed by atoms with Crippen LogP contribution in [0.4, 0.5) is 0 Å². The smallest absolute Gasteiger partial charge is 0.189 e.